The lowest BCUT2D eigenvalue weighted by Crippen LogP contribution is -2.26. The average Bonchev–Trinajstić information content (AvgIpc) is 2.87. The Bertz CT molecular complexity index is 719. The molecule has 1 unspecified atom stereocenters. The first-order valence-corrected chi connectivity index (χ1v) is 7.66. The highest BCUT2D eigenvalue weighted by atomic mass is 16.4. The topological polar surface area (TPSA) is 32.6 Å². The molecule has 0 radical (unpaired) electrons. The molecular formula is C19H19NO. The minimum Gasteiger partial charge on any atom is -0.411 e. The third-order valence-electron chi connectivity index (χ3n) is 5.19. The molecule has 0 aliphatic heterocycles. The zero-order valence-electron chi connectivity index (χ0n) is 12.0. The summed E-state index contributed by atoms with van der Waals surface area (Å²) in [5.41, 5.74) is 6.85. The molecule has 4 rings (SSSR count). The maximum Gasteiger partial charge on any atom is 0.0580 e. The Morgan fingerprint density at radius 1 is 0.857 bits per heavy atom. The van der Waals surface area contributed by atoms with E-state index in [0.29, 0.717) is 0 Å². The summed E-state index contributed by atoms with van der Waals surface area (Å²) in [6.45, 7) is 0. The number of benzene rings is 2. The number of oxime groups is 1. The fourth-order valence-electron chi connectivity index (χ4n) is 4.18. The van der Waals surface area contributed by atoms with Gasteiger partial charge in [-0.05, 0) is 54.4 Å². The van der Waals surface area contributed by atoms with Gasteiger partial charge in [-0.2, -0.15) is 0 Å². The Hall–Kier alpha value is -2.09. The molecule has 0 aromatic heterocycles. The fraction of sp³-hybridized carbons (Fsp3) is 0.316. The molecule has 1 saturated carbocycles. The summed E-state index contributed by atoms with van der Waals surface area (Å²) >= 11 is 0. The molecular weight excluding hydrogens is 258 g/mol. The molecule has 21 heavy (non-hydrogen) atoms. The van der Waals surface area contributed by atoms with E-state index in [1.165, 1.54) is 22.3 Å². The van der Waals surface area contributed by atoms with Crippen LogP contribution in [-0.2, 0) is 18.3 Å². The summed E-state index contributed by atoms with van der Waals surface area (Å²) in [6.07, 6.45) is 4.94. The maximum atomic E-state index is 9.18. The summed E-state index contributed by atoms with van der Waals surface area (Å²) in [7, 11) is 0. The molecule has 1 atom stereocenters. The lowest BCUT2D eigenvalue weighted by Gasteiger charge is -2.29. The Morgan fingerprint density at radius 3 is 2.33 bits per heavy atom. The Balaban J connectivity index is 1.91. The SMILES string of the molecule is O/N=C1/CCC2(C1)Cc1ccccc1Cc1ccccc12. The molecule has 1 N–H and O–H groups in total. The van der Waals surface area contributed by atoms with E-state index in [1.807, 2.05) is 0 Å². The molecule has 2 aliphatic carbocycles. The van der Waals surface area contributed by atoms with Crippen LogP contribution < -0.4 is 0 Å². The van der Waals surface area contributed by atoms with E-state index < -0.39 is 0 Å². The van der Waals surface area contributed by atoms with Gasteiger partial charge in [-0.1, -0.05) is 53.7 Å². The number of fused-ring (bicyclic) bond motifs is 3. The van der Waals surface area contributed by atoms with Crippen molar-refractivity contribution in [1.82, 2.24) is 0 Å². The summed E-state index contributed by atoms with van der Waals surface area (Å²) in [4.78, 5) is 0. The van der Waals surface area contributed by atoms with E-state index in [4.69, 9.17) is 0 Å². The Morgan fingerprint density at radius 2 is 1.57 bits per heavy atom. The molecule has 2 aromatic carbocycles. The van der Waals surface area contributed by atoms with Crippen LogP contribution in [-0.4, -0.2) is 10.9 Å². The summed E-state index contributed by atoms with van der Waals surface area (Å²) in [6, 6.07) is 17.6. The summed E-state index contributed by atoms with van der Waals surface area (Å²) in [5, 5.41) is 12.7. The predicted octanol–water partition coefficient (Wildman–Crippen LogP) is 4.09. The average molecular weight is 277 g/mol. The van der Waals surface area contributed by atoms with Gasteiger partial charge in [-0.3, -0.25) is 0 Å². The second kappa shape index (κ2) is 4.73. The van der Waals surface area contributed by atoms with Crippen molar-refractivity contribution in [2.75, 3.05) is 0 Å². The van der Waals surface area contributed by atoms with Crippen molar-refractivity contribution in [3.05, 3.63) is 70.8 Å². The zero-order chi connectivity index (χ0) is 14.3. The molecule has 0 saturated heterocycles. The first-order chi connectivity index (χ1) is 10.3. The first-order valence-electron chi connectivity index (χ1n) is 7.66. The third-order valence-corrected chi connectivity index (χ3v) is 5.19. The summed E-state index contributed by atoms with van der Waals surface area (Å²) in [5.74, 6) is 0. The van der Waals surface area contributed by atoms with Crippen LogP contribution in [0.5, 0.6) is 0 Å². The van der Waals surface area contributed by atoms with Crippen LogP contribution in [0.25, 0.3) is 0 Å². The number of rotatable bonds is 0. The molecule has 0 heterocycles. The van der Waals surface area contributed by atoms with Gasteiger partial charge in [-0.25, -0.2) is 0 Å². The van der Waals surface area contributed by atoms with Gasteiger partial charge in [0.2, 0.25) is 0 Å². The van der Waals surface area contributed by atoms with Crippen molar-refractivity contribution < 1.29 is 5.21 Å². The van der Waals surface area contributed by atoms with Crippen LogP contribution in [0.4, 0.5) is 0 Å². The van der Waals surface area contributed by atoms with Gasteiger partial charge in [-0.15, -0.1) is 0 Å². The Labute approximate surface area is 125 Å². The van der Waals surface area contributed by atoms with Crippen molar-refractivity contribution in [3.63, 3.8) is 0 Å². The molecule has 106 valence electrons. The third kappa shape index (κ3) is 1.98. The quantitative estimate of drug-likeness (QED) is 0.571. The van der Waals surface area contributed by atoms with Gasteiger partial charge in [0.1, 0.15) is 0 Å². The van der Waals surface area contributed by atoms with Gasteiger partial charge < -0.3 is 5.21 Å². The van der Waals surface area contributed by atoms with Crippen LogP contribution in [0.3, 0.4) is 0 Å². The van der Waals surface area contributed by atoms with E-state index in [9.17, 15) is 5.21 Å². The maximum absolute atomic E-state index is 9.18. The van der Waals surface area contributed by atoms with Gasteiger partial charge in [0.15, 0.2) is 0 Å². The molecule has 2 heteroatoms. The van der Waals surface area contributed by atoms with Crippen LogP contribution in [0.2, 0.25) is 0 Å². The van der Waals surface area contributed by atoms with E-state index in [2.05, 4.69) is 53.7 Å². The van der Waals surface area contributed by atoms with E-state index in [-0.39, 0.29) is 5.41 Å². The van der Waals surface area contributed by atoms with E-state index >= 15 is 0 Å². The molecule has 1 spiro atoms. The number of hydrogen-bond acceptors (Lipinski definition) is 2. The van der Waals surface area contributed by atoms with Crippen LogP contribution in [0.1, 0.15) is 41.5 Å². The zero-order valence-corrected chi connectivity index (χ0v) is 12.0. The van der Waals surface area contributed by atoms with Crippen molar-refractivity contribution in [2.24, 2.45) is 5.16 Å². The van der Waals surface area contributed by atoms with Gasteiger partial charge in [0, 0.05) is 5.41 Å². The second-order valence-electron chi connectivity index (χ2n) is 6.40. The smallest absolute Gasteiger partial charge is 0.0580 e. The molecule has 2 aromatic rings. The van der Waals surface area contributed by atoms with Crippen LogP contribution in [0.15, 0.2) is 53.7 Å². The standard InChI is InChI=1S/C19H19NO/c21-20-17-9-10-19(13-17)12-16-7-2-1-5-14(16)11-15-6-3-4-8-18(15)19/h1-8,21H,9-13H2/b20-17-. The molecule has 0 bridgehead atoms. The minimum atomic E-state index is 0.116. The number of nitrogens with zero attached hydrogens (tertiary/aromatic N) is 1. The van der Waals surface area contributed by atoms with Gasteiger partial charge in [0.05, 0.1) is 5.71 Å². The van der Waals surface area contributed by atoms with E-state index in [0.717, 1.165) is 37.8 Å². The van der Waals surface area contributed by atoms with E-state index in [1.54, 1.807) is 0 Å². The largest absolute Gasteiger partial charge is 0.411 e. The highest BCUT2D eigenvalue weighted by Gasteiger charge is 2.42. The van der Waals surface area contributed by atoms with Crippen molar-refractivity contribution in [2.45, 2.75) is 37.5 Å². The molecule has 0 amide bonds. The summed E-state index contributed by atoms with van der Waals surface area (Å²) < 4.78 is 0. The lowest BCUT2D eigenvalue weighted by atomic mass is 9.74. The minimum absolute atomic E-state index is 0.116. The molecule has 2 nitrogen and oxygen atoms in total. The predicted molar refractivity (Wildman–Crippen MR) is 84.1 cm³/mol. The highest BCUT2D eigenvalue weighted by molar-refractivity contribution is 5.88. The first kappa shape index (κ1) is 12.6. The fourth-order valence-corrected chi connectivity index (χ4v) is 4.18. The molecule has 1 fully saturated rings. The monoisotopic (exact) mass is 277 g/mol. The normalized spacial score (nSPS) is 25.6. The van der Waals surface area contributed by atoms with Gasteiger partial charge >= 0.3 is 0 Å². The molecule has 2 aliphatic rings. The van der Waals surface area contributed by atoms with Crippen LogP contribution in [0, 0.1) is 0 Å². The van der Waals surface area contributed by atoms with Crippen molar-refractivity contribution in [1.29, 1.82) is 0 Å². The van der Waals surface area contributed by atoms with Crippen molar-refractivity contribution >= 4 is 5.71 Å². The second-order valence-corrected chi connectivity index (χ2v) is 6.40. The van der Waals surface area contributed by atoms with Crippen LogP contribution >= 0.6 is 0 Å². The van der Waals surface area contributed by atoms with Crippen molar-refractivity contribution in [3.8, 4) is 0 Å². The van der Waals surface area contributed by atoms with Gasteiger partial charge in [0.25, 0.3) is 0 Å². The number of hydrogen-bond donors (Lipinski definition) is 1. The highest BCUT2D eigenvalue weighted by Crippen LogP contribution is 2.46. The Kier molecular flexibility index (Phi) is 2.85. The lowest BCUT2D eigenvalue weighted by molar-refractivity contribution is 0.316.